The average Bonchev–Trinajstić information content (AvgIpc) is 3.49. The molecule has 0 radical (unpaired) electrons. The van der Waals surface area contributed by atoms with Crippen LogP contribution in [0.25, 0.3) is 10.2 Å². The van der Waals surface area contributed by atoms with Gasteiger partial charge in [0.2, 0.25) is 5.91 Å². The van der Waals surface area contributed by atoms with Crippen LogP contribution in [0.5, 0.6) is 0 Å². The monoisotopic (exact) mass is 439 g/mol. The predicted octanol–water partition coefficient (Wildman–Crippen LogP) is 4.72. The fraction of sp³-hybridized carbons (Fsp3) is 0.500. The zero-order valence-corrected chi connectivity index (χ0v) is 19.0. The molecule has 1 N–H and O–H groups in total. The van der Waals surface area contributed by atoms with Gasteiger partial charge in [0.1, 0.15) is 17.0 Å². The molecule has 1 aliphatic carbocycles. The summed E-state index contributed by atoms with van der Waals surface area (Å²) < 4.78 is 8.69. The first-order chi connectivity index (χ1) is 15.0. The molecule has 3 aromatic rings. The van der Waals surface area contributed by atoms with Crippen molar-refractivity contribution in [2.75, 3.05) is 0 Å². The van der Waals surface area contributed by atoms with Gasteiger partial charge in [0.15, 0.2) is 0 Å². The van der Waals surface area contributed by atoms with Gasteiger partial charge >= 0.3 is 0 Å². The second-order valence-electron chi connectivity index (χ2n) is 8.98. The van der Waals surface area contributed by atoms with E-state index < -0.39 is 5.54 Å². The van der Waals surface area contributed by atoms with Gasteiger partial charge in [0.05, 0.1) is 29.6 Å². The Labute approximate surface area is 186 Å². The lowest BCUT2D eigenvalue weighted by atomic mass is 9.91. The maximum Gasteiger partial charge on any atom is 0.271 e. The number of nitrogens with zero attached hydrogens (tertiary/aromatic N) is 2. The van der Waals surface area contributed by atoms with Crippen molar-refractivity contribution in [2.24, 2.45) is 0 Å². The third-order valence-corrected chi connectivity index (χ3v) is 8.05. The minimum atomic E-state index is -0.991. The lowest BCUT2D eigenvalue weighted by Gasteiger charge is -2.44. The van der Waals surface area contributed by atoms with E-state index >= 15 is 0 Å². The molecule has 6 nitrogen and oxygen atoms in total. The Morgan fingerprint density at radius 3 is 2.81 bits per heavy atom. The van der Waals surface area contributed by atoms with Crippen LogP contribution in [0, 0.1) is 0 Å². The van der Waals surface area contributed by atoms with Gasteiger partial charge in [-0.15, -0.1) is 11.3 Å². The van der Waals surface area contributed by atoms with E-state index in [4.69, 9.17) is 4.42 Å². The van der Waals surface area contributed by atoms with Gasteiger partial charge in [0, 0.05) is 10.9 Å². The molecule has 0 bridgehead atoms. The molecule has 2 amide bonds. The Hall–Kier alpha value is -2.54. The number of carbonyl (C=O) groups excluding carboxylic acids is 2. The van der Waals surface area contributed by atoms with E-state index in [2.05, 4.69) is 18.3 Å². The van der Waals surface area contributed by atoms with Crippen LogP contribution in [0.15, 0.2) is 34.9 Å². The summed E-state index contributed by atoms with van der Waals surface area (Å²) in [4.78, 5) is 30.3. The molecular formula is C24H29N3O3S. The lowest BCUT2D eigenvalue weighted by Crippen LogP contribution is -2.64. The molecular weight excluding hydrogens is 410 g/mol. The SMILES string of the molecule is CCc1cc2c(cc3n2CC(C)(C(=O)NC2CCCCC2)N(Cc2ccco2)C3=O)s1. The number of furan rings is 1. The third kappa shape index (κ3) is 3.49. The summed E-state index contributed by atoms with van der Waals surface area (Å²) in [5.41, 5.74) is 0.715. The molecule has 7 heteroatoms. The highest BCUT2D eigenvalue weighted by Crippen LogP contribution is 2.37. The molecule has 0 aromatic carbocycles. The summed E-state index contributed by atoms with van der Waals surface area (Å²) in [5.74, 6) is 0.489. The Kier molecular flexibility index (Phi) is 5.16. The fourth-order valence-corrected chi connectivity index (χ4v) is 6.00. The molecule has 0 saturated heterocycles. The molecule has 1 atom stereocenters. The average molecular weight is 440 g/mol. The first-order valence-electron chi connectivity index (χ1n) is 11.3. The summed E-state index contributed by atoms with van der Waals surface area (Å²) in [6, 6.07) is 8.01. The summed E-state index contributed by atoms with van der Waals surface area (Å²) in [6.07, 6.45) is 8.12. The number of amides is 2. The maximum atomic E-state index is 13.7. The van der Waals surface area contributed by atoms with Gasteiger partial charge in [-0.25, -0.2) is 0 Å². The normalized spacial score (nSPS) is 22.1. The van der Waals surface area contributed by atoms with Crippen molar-refractivity contribution < 1.29 is 14.0 Å². The summed E-state index contributed by atoms with van der Waals surface area (Å²) in [6.45, 7) is 4.75. The summed E-state index contributed by atoms with van der Waals surface area (Å²) in [5, 5.41) is 3.27. The third-order valence-electron chi connectivity index (χ3n) is 6.84. The number of fused-ring (bicyclic) bond motifs is 3. The highest BCUT2D eigenvalue weighted by atomic mass is 32.1. The standard InChI is InChI=1S/C24H29N3O3S/c1-3-18-12-19-21(31-18)13-20-22(28)27(14-17-10-7-11-30-17)24(2,15-26(19)20)23(29)25-16-8-5-4-6-9-16/h7,10-13,16H,3-6,8-9,14-15H2,1-2H3,(H,25,29). The van der Waals surface area contributed by atoms with Crippen molar-refractivity contribution in [1.82, 2.24) is 14.8 Å². The van der Waals surface area contributed by atoms with E-state index in [0.717, 1.165) is 42.3 Å². The second-order valence-corrected chi connectivity index (χ2v) is 10.2. The van der Waals surface area contributed by atoms with E-state index in [9.17, 15) is 9.59 Å². The molecule has 2 aliphatic rings. The Morgan fingerprint density at radius 1 is 1.29 bits per heavy atom. The number of hydrogen-bond acceptors (Lipinski definition) is 4. The van der Waals surface area contributed by atoms with E-state index in [-0.39, 0.29) is 24.4 Å². The van der Waals surface area contributed by atoms with E-state index in [0.29, 0.717) is 18.0 Å². The van der Waals surface area contributed by atoms with Crippen LogP contribution in [0.3, 0.4) is 0 Å². The van der Waals surface area contributed by atoms with E-state index in [1.165, 1.54) is 11.3 Å². The van der Waals surface area contributed by atoms with Gasteiger partial charge in [0.25, 0.3) is 5.91 Å². The molecule has 1 aliphatic heterocycles. The predicted molar refractivity (Wildman–Crippen MR) is 121 cm³/mol. The van der Waals surface area contributed by atoms with Crippen LogP contribution in [0.1, 0.15) is 67.1 Å². The Morgan fingerprint density at radius 2 is 2.10 bits per heavy atom. The first-order valence-corrected chi connectivity index (χ1v) is 12.1. The van der Waals surface area contributed by atoms with Crippen LogP contribution < -0.4 is 5.32 Å². The molecule has 1 unspecified atom stereocenters. The number of nitrogens with one attached hydrogen (secondary N) is 1. The van der Waals surface area contributed by atoms with Crippen LogP contribution in [0.2, 0.25) is 0 Å². The Balaban J connectivity index is 1.54. The minimum absolute atomic E-state index is 0.0715. The fourth-order valence-electron chi connectivity index (χ4n) is 4.96. The quantitative estimate of drug-likeness (QED) is 0.625. The second kappa shape index (κ2) is 7.86. The van der Waals surface area contributed by atoms with Crippen molar-refractivity contribution >= 4 is 33.4 Å². The number of hydrogen-bond donors (Lipinski definition) is 1. The molecule has 1 fully saturated rings. The topological polar surface area (TPSA) is 67.5 Å². The molecule has 4 heterocycles. The van der Waals surface area contributed by atoms with Gasteiger partial charge in [-0.3, -0.25) is 9.59 Å². The zero-order valence-electron chi connectivity index (χ0n) is 18.1. The zero-order chi connectivity index (χ0) is 21.6. The Bertz CT molecular complexity index is 1110. The van der Waals surface area contributed by atoms with Crippen LogP contribution >= 0.6 is 11.3 Å². The van der Waals surface area contributed by atoms with Crippen LogP contribution in [0.4, 0.5) is 0 Å². The largest absolute Gasteiger partial charge is 0.467 e. The molecule has 5 rings (SSSR count). The van der Waals surface area contributed by atoms with Gasteiger partial charge < -0.3 is 19.2 Å². The van der Waals surface area contributed by atoms with Gasteiger partial charge in [-0.1, -0.05) is 26.2 Å². The van der Waals surface area contributed by atoms with E-state index in [1.54, 1.807) is 22.5 Å². The highest BCUT2D eigenvalue weighted by Gasteiger charge is 2.48. The van der Waals surface area contributed by atoms with Gasteiger partial charge in [-0.2, -0.15) is 0 Å². The van der Waals surface area contributed by atoms with Crippen LogP contribution in [-0.4, -0.2) is 32.9 Å². The van der Waals surface area contributed by atoms with Crippen molar-refractivity contribution in [1.29, 1.82) is 0 Å². The lowest BCUT2D eigenvalue weighted by molar-refractivity contribution is -0.134. The maximum absolute atomic E-state index is 13.7. The van der Waals surface area contributed by atoms with Gasteiger partial charge in [-0.05, 0) is 50.5 Å². The number of thiophene rings is 1. The first kappa shape index (κ1) is 20.4. The molecule has 31 heavy (non-hydrogen) atoms. The summed E-state index contributed by atoms with van der Waals surface area (Å²) in [7, 11) is 0. The number of aryl methyl sites for hydroxylation is 1. The van der Waals surface area contributed by atoms with E-state index in [1.807, 2.05) is 29.7 Å². The number of carbonyl (C=O) groups is 2. The molecule has 1 saturated carbocycles. The van der Waals surface area contributed by atoms with Crippen molar-refractivity contribution in [3.8, 4) is 0 Å². The van der Waals surface area contributed by atoms with Crippen molar-refractivity contribution in [3.05, 3.63) is 46.9 Å². The molecule has 3 aromatic heterocycles. The highest BCUT2D eigenvalue weighted by molar-refractivity contribution is 7.19. The van der Waals surface area contributed by atoms with Crippen molar-refractivity contribution in [2.45, 2.75) is 77.0 Å². The number of aromatic nitrogens is 1. The minimum Gasteiger partial charge on any atom is -0.467 e. The molecule has 0 spiro atoms. The molecule has 164 valence electrons. The number of rotatable bonds is 5. The van der Waals surface area contributed by atoms with Crippen molar-refractivity contribution in [3.63, 3.8) is 0 Å². The summed E-state index contributed by atoms with van der Waals surface area (Å²) >= 11 is 1.73. The smallest absolute Gasteiger partial charge is 0.271 e. The van der Waals surface area contributed by atoms with Crippen LogP contribution in [-0.2, 0) is 24.3 Å².